The van der Waals surface area contributed by atoms with E-state index in [1.165, 1.54) is 11.8 Å². The van der Waals surface area contributed by atoms with Gasteiger partial charge in [-0.3, -0.25) is 5.41 Å². The fraction of sp³-hybridized carbons (Fsp3) is 0.222. The van der Waals surface area contributed by atoms with E-state index in [1.807, 2.05) is 6.92 Å². The maximum atomic E-state index is 7.42. The summed E-state index contributed by atoms with van der Waals surface area (Å²) in [5.41, 5.74) is 6.91. The zero-order valence-corrected chi connectivity index (χ0v) is 10.2. The Bertz CT molecular complexity index is 562. The van der Waals surface area contributed by atoms with E-state index in [0.717, 1.165) is 5.69 Å². The van der Waals surface area contributed by atoms with Crippen LogP contribution < -0.4 is 5.73 Å². The lowest BCUT2D eigenvalue weighted by Gasteiger charge is -2.04. The molecule has 0 bridgehead atoms. The number of nitrogens with one attached hydrogen (secondary N) is 1. The summed E-state index contributed by atoms with van der Waals surface area (Å²) in [7, 11) is 1.75. The first kappa shape index (κ1) is 11.5. The molecule has 8 heteroatoms. The van der Waals surface area contributed by atoms with E-state index < -0.39 is 0 Å². The van der Waals surface area contributed by atoms with Gasteiger partial charge in [0.05, 0.1) is 0 Å². The van der Waals surface area contributed by atoms with Gasteiger partial charge in [-0.25, -0.2) is 9.67 Å². The summed E-state index contributed by atoms with van der Waals surface area (Å²) in [5.74, 6) is 0.0217. The molecule has 0 fully saturated rings. The van der Waals surface area contributed by atoms with Crippen LogP contribution in [0, 0.1) is 12.3 Å². The first-order chi connectivity index (χ1) is 8.06. The van der Waals surface area contributed by atoms with Gasteiger partial charge in [0.1, 0.15) is 10.9 Å². The molecule has 2 aromatic rings. The SMILES string of the molecule is Cc1cc(C(=N)N)cc(Sc2nnnn2C)n1. The maximum absolute atomic E-state index is 7.42. The van der Waals surface area contributed by atoms with E-state index in [4.69, 9.17) is 11.1 Å². The van der Waals surface area contributed by atoms with Gasteiger partial charge in [0.2, 0.25) is 5.16 Å². The van der Waals surface area contributed by atoms with Crippen LogP contribution in [0.4, 0.5) is 0 Å². The molecule has 3 N–H and O–H groups in total. The predicted octanol–water partition coefficient (Wildman–Crippen LogP) is 0.349. The van der Waals surface area contributed by atoms with Crippen molar-refractivity contribution in [2.24, 2.45) is 12.8 Å². The number of hydrogen-bond donors (Lipinski definition) is 2. The highest BCUT2D eigenvalue weighted by Gasteiger charge is 2.08. The second-order valence-corrected chi connectivity index (χ2v) is 4.42. The summed E-state index contributed by atoms with van der Waals surface area (Å²) >= 11 is 1.33. The van der Waals surface area contributed by atoms with Crippen LogP contribution in [0.15, 0.2) is 22.3 Å². The lowest BCUT2D eigenvalue weighted by molar-refractivity contribution is 0.664. The standard InChI is InChI=1S/C9H11N7S/c1-5-3-6(8(10)11)4-7(12-5)17-9-13-14-15-16(9)2/h3-4H,1-2H3,(H3,10,11). The molecule has 0 saturated heterocycles. The number of aryl methyl sites for hydroxylation is 2. The van der Waals surface area contributed by atoms with Gasteiger partial charge in [0.25, 0.3) is 0 Å². The molecule has 88 valence electrons. The fourth-order valence-electron chi connectivity index (χ4n) is 1.25. The molecule has 0 atom stereocenters. The fourth-order valence-corrected chi connectivity index (χ4v) is 2.06. The zero-order chi connectivity index (χ0) is 12.4. The summed E-state index contributed by atoms with van der Waals surface area (Å²) in [6, 6.07) is 3.51. The molecule has 0 saturated carbocycles. The number of pyridine rings is 1. The van der Waals surface area contributed by atoms with Crippen molar-refractivity contribution in [2.75, 3.05) is 0 Å². The molecule has 0 unspecified atom stereocenters. The molecule has 0 amide bonds. The van der Waals surface area contributed by atoms with E-state index in [2.05, 4.69) is 20.5 Å². The molecule has 0 aromatic carbocycles. The van der Waals surface area contributed by atoms with Gasteiger partial charge >= 0.3 is 0 Å². The Kier molecular flexibility index (Phi) is 3.05. The average Bonchev–Trinajstić information content (AvgIpc) is 2.63. The van der Waals surface area contributed by atoms with Crippen molar-refractivity contribution in [3.8, 4) is 0 Å². The van der Waals surface area contributed by atoms with Gasteiger partial charge in [-0.1, -0.05) is 0 Å². The highest BCUT2D eigenvalue weighted by molar-refractivity contribution is 7.99. The molecule has 0 aliphatic rings. The number of tetrazole rings is 1. The molecule has 0 aliphatic heterocycles. The van der Waals surface area contributed by atoms with Crippen LogP contribution in [0.3, 0.4) is 0 Å². The first-order valence-electron chi connectivity index (χ1n) is 4.79. The summed E-state index contributed by atoms with van der Waals surface area (Å²) in [5, 5.41) is 19.9. The Morgan fingerprint density at radius 2 is 2.24 bits per heavy atom. The molecule has 2 aromatic heterocycles. The summed E-state index contributed by atoms with van der Waals surface area (Å²) in [6.07, 6.45) is 0. The van der Waals surface area contributed by atoms with E-state index in [1.54, 1.807) is 23.9 Å². The summed E-state index contributed by atoms with van der Waals surface area (Å²) in [4.78, 5) is 4.33. The van der Waals surface area contributed by atoms with Crippen LogP contribution >= 0.6 is 11.8 Å². The Balaban J connectivity index is 2.33. The first-order valence-corrected chi connectivity index (χ1v) is 5.61. The Morgan fingerprint density at radius 1 is 1.47 bits per heavy atom. The van der Waals surface area contributed by atoms with Gasteiger partial charge in [-0.15, -0.1) is 5.10 Å². The third-order valence-corrected chi connectivity index (χ3v) is 2.96. The van der Waals surface area contributed by atoms with Gasteiger partial charge < -0.3 is 5.73 Å². The van der Waals surface area contributed by atoms with Crippen LogP contribution in [0.1, 0.15) is 11.3 Å². The topological polar surface area (TPSA) is 106 Å². The molecular formula is C9H11N7S. The largest absolute Gasteiger partial charge is 0.384 e. The van der Waals surface area contributed by atoms with Crippen LogP contribution in [-0.2, 0) is 7.05 Å². The second kappa shape index (κ2) is 4.50. The van der Waals surface area contributed by atoms with Gasteiger partial charge in [0, 0.05) is 18.3 Å². The molecule has 0 radical (unpaired) electrons. The minimum atomic E-state index is 0.0217. The molecular weight excluding hydrogens is 238 g/mol. The van der Waals surface area contributed by atoms with E-state index in [9.17, 15) is 0 Å². The highest BCUT2D eigenvalue weighted by Crippen LogP contribution is 2.23. The van der Waals surface area contributed by atoms with Crippen molar-refractivity contribution < 1.29 is 0 Å². The van der Waals surface area contributed by atoms with E-state index >= 15 is 0 Å². The number of nitrogens with two attached hydrogens (primary N) is 1. The minimum Gasteiger partial charge on any atom is -0.384 e. The van der Waals surface area contributed by atoms with Crippen LogP contribution in [-0.4, -0.2) is 31.0 Å². The minimum absolute atomic E-state index is 0.0217. The van der Waals surface area contributed by atoms with Crippen LogP contribution in [0.5, 0.6) is 0 Å². The molecule has 7 nitrogen and oxygen atoms in total. The quantitative estimate of drug-likeness (QED) is 0.600. The molecule has 17 heavy (non-hydrogen) atoms. The molecule has 2 rings (SSSR count). The second-order valence-electron chi connectivity index (χ2n) is 3.44. The number of nitrogens with zero attached hydrogens (tertiary/aromatic N) is 5. The Labute approximate surface area is 102 Å². The highest BCUT2D eigenvalue weighted by atomic mass is 32.2. The van der Waals surface area contributed by atoms with Crippen molar-refractivity contribution in [1.82, 2.24) is 25.2 Å². The van der Waals surface area contributed by atoms with Crippen molar-refractivity contribution in [3.05, 3.63) is 23.4 Å². The van der Waals surface area contributed by atoms with Crippen molar-refractivity contribution >= 4 is 17.6 Å². The van der Waals surface area contributed by atoms with E-state index in [-0.39, 0.29) is 5.84 Å². The number of nitrogen functional groups attached to an aromatic ring is 1. The van der Waals surface area contributed by atoms with Crippen molar-refractivity contribution in [3.63, 3.8) is 0 Å². The predicted molar refractivity (Wildman–Crippen MR) is 62.9 cm³/mol. The summed E-state index contributed by atoms with van der Waals surface area (Å²) < 4.78 is 1.56. The summed E-state index contributed by atoms with van der Waals surface area (Å²) in [6.45, 7) is 1.85. The lowest BCUT2D eigenvalue weighted by Crippen LogP contribution is -2.11. The Hall–Kier alpha value is -1.96. The average molecular weight is 249 g/mol. The number of hydrogen-bond acceptors (Lipinski definition) is 6. The maximum Gasteiger partial charge on any atom is 0.215 e. The van der Waals surface area contributed by atoms with E-state index in [0.29, 0.717) is 15.7 Å². The lowest BCUT2D eigenvalue weighted by atomic mass is 10.2. The normalized spacial score (nSPS) is 10.5. The van der Waals surface area contributed by atoms with Gasteiger partial charge in [0.15, 0.2) is 0 Å². The van der Waals surface area contributed by atoms with Gasteiger partial charge in [-0.05, 0) is 41.2 Å². The third-order valence-electron chi connectivity index (χ3n) is 2.02. The Morgan fingerprint density at radius 3 is 2.82 bits per heavy atom. The van der Waals surface area contributed by atoms with Crippen molar-refractivity contribution in [2.45, 2.75) is 17.1 Å². The van der Waals surface area contributed by atoms with Gasteiger partial charge in [-0.2, -0.15) is 0 Å². The van der Waals surface area contributed by atoms with Crippen LogP contribution in [0.25, 0.3) is 0 Å². The molecule has 0 aliphatic carbocycles. The number of amidine groups is 1. The zero-order valence-electron chi connectivity index (χ0n) is 9.38. The molecule has 2 heterocycles. The third kappa shape index (κ3) is 2.59. The number of aromatic nitrogens is 5. The number of rotatable bonds is 3. The smallest absolute Gasteiger partial charge is 0.215 e. The monoisotopic (exact) mass is 249 g/mol. The molecule has 0 spiro atoms. The van der Waals surface area contributed by atoms with Crippen molar-refractivity contribution in [1.29, 1.82) is 5.41 Å². The van der Waals surface area contributed by atoms with Crippen LogP contribution in [0.2, 0.25) is 0 Å².